The number of carbonyl (C=O) groups excluding carboxylic acids is 1. The number of thioether (sulfide) groups is 1. The first-order valence-electron chi connectivity index (χ1n) is 8.15. The number of halogens is 1. The summed E-state index contributed by atoms with van der Waals surface area (Å²) in [4.78, 5) is 14.6. The number of rotatable bonds is 2. The molecule has 3 rings (SSSR count). The molecule has 1 fully saturated rings. The van der Waals surface area contributed by atoms with Gasteiger partial charge in [0, 0.05) is 17.9 Å². The predicted molar refractivity (Wildman–Crippen MR) is 97.8 cm³/mol. The normalized spacial score (nSPS) is 18.0. The SMILES string of the molecule is CC(C)(C)c1ccc(C2SCCN2C(=O)c2cccc(F)c2)cc1. The summed E-state index contributed by atoms with van der Waals surface area (Å²) in [5.74, 6) is 0.412. The van der Waals surface area contributed by atoms with Gasteiger partial charge in [-0.25, -0.2) is 4.39 Å². The molecule has 2 nitrogen and oxygen atoms in total. The molecular weight excluding hydrogens is 321 g/mol. The molecule has 1 aliphatic rings. The molecule has 1 atom stereocenters. The molecule has 1 amide bonds. The van der Waals surface area contributed by atoms with Gasteiger partial charge in [0.05, 0.1) is 0 Å². The van der Waals surface area contributed by atoms with Crippen molar-refractivity contribution in [2.24, 2.45) is 0 Å². The fraction of sp³-hybridized carbons (Fsp3) is 0.350. The maximum atomic E-state index is 13.4. The first kappa shape index (κ1) is 17.0. The van der Waals surface area contributed by atoms with E-state index in [2.05, 4.69) is 45.0 Å². The average Bonchev–Trinajstić information content (AvgIpc) is 3.03. The summed E-state index contributed by atoms with van der Waals surface area (Å²) in [6.07, 6.45) is 0. The Kier molecular flexibility index (Phi) is 4.68. The van der Waals surface area contributed by atoms with Gasteiger partial charge in [-0.15, -0.1) is 11.8 Å². The van der Waals surface area contributed by atoms with Crippen LogP contribution in [0.1, 0.15) is 47.6 Å². The molecule has 0 aliphatic carbocycles. The van der Waals surface area contributed by atoms with Gasteiger partial charge in [-0.05, 0) is 34.7 Å². The molecule has 0 radical (unpaired) electrons. The van der Waals surface area contributed by atoms with Crippen molar-refractivity contribution in [2.45, 2.75) is 31.6 Å². The van der Waals surface area contributed by atoms with Crippen LogP contribution in [0, 0.1) is 5.82 Å². The highest BCUT2D eigenvalue weighted by atomic mass is 32.2. The Labute approximate surface area is 147 Å². The van der Waals surface area contributed by atoms with Gasteiger partial charge in [0.2, 0.25) is 0 Å². The number of benzene rings is 2. The molecule has 24 heavy (non-hydrogen) atoms. The van der Waals surface area contributed by atoms with Crippen LogP contribution in [0.2, 0.25) is 0 Å². The Balaban J connectivity index is 1.84. The van der Waals surface area contributed by atoms with E-state index in [9.17, 15) is 9.18 Å². The van der Waals surface area contributed by atoms with Gasteiger partial charge in [0.1, 0.15) is 11.2 Å². The van der Waals surface area contributed by atoms with Crippen molar-refractivity contribution in [1.82, 2.24) is 4.90 Å². The van der Waals surface area contributed by atoms with Crippen LogP contribution < -0.4 is 0 Å². The first-order chi connectivity index (χ1) is 11.4. The third kappa shape index (κ3) is 3.48. The van der Waals surface area contributed by atoms with E-state index in [0.717, 1.165) is 11.3 Å². The highest BCUT2D eigenvalue weighted by Crippen LogP contribution is 2.39. The van der Waals surface area contributed by atoms with Crippen LogP contribution in [0.4, 0.5) is 4.39 Å². The molecule has 0 N–H and O–H groups in total. The molecule has 0 spiro atoms. The minimum absolute atomic E-state index is 0.00483. The Hall–Kier alpha value is -1.81. The molecule has 1 saturated heterocycles. The fourth-order valence-electron chi connectivity index (χ4n) is 2.89. The van der Waals surface area contributed by atoms with E-state index in [1.165, 1.54) is 17.7 Å². The van der Waals surface area contributed by atoms with E-state index in [-0.39, 0.29) is 22.5 Å². The lowest BCUT2D eigenvalue weighted by Gasteiger charge is -2.25. The lowest BCUT2D eigenvalue weighted by Crippen LogP contribution is -2.30. The summed E-state index contributed by atoms with van der Waals surface area (Å²) in [5.41, 5.74) is 2.92. The van der Waals surface area contributed by atoms with Crippen molar-refractivity contribution in [3.63, 3.8) is 0 Å². The highest BCUT2D eigenvalue weighted by molar-refractivity contribution is 7.99. The topological polar surface area (TPSA) is 20.3 Å². The molecule has 0 saturated carbocycles. The molecule has 0 bridgehead atoms. The van der Waals surface area contributed by atoms with Gasteiger partial charge in [0.15, 0.2) is 0 Å². The number of carbonyl (C=O) groups is 1. The van der Waals surface area contributed by atoms with Crippen molar-refractivity contribution < 1.29 is 9.18 Å². The van der Waals surface area contributed by atoms with Crippen LogP contribution in [0.25, 0.3) is 0 Å². The molecule has 126 valence electrons. The third-order valence-electron chi connectivity index (χ3n) is 4.29. The van der Waals surface area contributed by atoms with Crippen molar-refractivity contribution in [3.05, 3.63) is 71.0 Å². The van der Waals surface area contributed by atoms with E-state index < -0.39 is 0 Å². The first-order valence-corrected chi connectivity index (χ1v) is 9.20. The molecular formula is C20H22FNOS. The second kappa shape index (κ2) is 6.60. The summed E-state index contributed by atoms with van der Waals surface area (Å²) >= 11 is 1.76. The molecule has 2 aromatic rings. The van der Waals surface area contributed by atoms with Crippen LogP contribution in [-0.2, 0) is 5.41 Å². The van der Waals surface area contributed by atoms with E-state index >= 15 is 0 Å². The van der Waals surface area contributed by atoms with Crippen LogP contribution in [0.15, 0.2) is 48.5 Å². The number of hydrogen-bond donors (Lipinski definition) is 0. The lowest BCUT2D eigenvalue weighted by atomic mass is 9.86. The third-order valence-corrected chi connectivity index (χ3v) is 5.55. The van der Waals surface area contributed by atoms with Crippen molar-refractivity contribution in [1.29, 1.82) is 0 Å². The molecule has 1 aliphatic heterocycles. The smallest absolute Gasteiger partial charge is 0.255 e. The average molecular weight is 343 g/mol. The van der Waals surface area contributed by atoms with Crippen LogP contribution in [-0.4, -0.2) is 23.1 Å². The van der Waals surface area contributed by atoms with Gasteiger partial charge in [0.25, 0.3) is 5.91 Å². The van der Waals surface area contributed by atoms with E-state index in [1.54, 1.807) is 23.9 Å². The minimum atomic E-state index is -0.376. The van der Waals surface area contributed by atoms with Gasteiger partial charge >= 0.3 is 0 Å². The Morgan fingerprint density at radius 3 is 2.50 bits per heavy atom. The molecule has 4 heteroatoms. The Morgan fingerprint density at radius 2 is 1.88 bits per heavy atom. The monoisotopic (exact) mass is 343 g/mol. The number of hydrogen-bond acceptors (Lipinski definition) is 2. The molecule has 1 unspecified atom stereocenters. The molecule has 1 heterocycles. The van der Waals surface area contributed by atoms with E-state index in [1.807, 2.05) is 4.90 Å². The minimum Gasteiger partial charge on any atom is -0.322 e. The molecule has 0 aromatic heterocycles. The number of amides is 1. The van der Waals surface area contributed by atoms with Gasteiger partial charge in [-0.1, -0.05) is 51.1 Å². The second-order valence-electron chi connectivity index (χ2n) is 7.10. The predicted octanol–water partition coefficient (Wildman–Crippen LogP) is 5.01. The zero-order valence-electron chi connectivity index (χ0n) is 14.3. The Morgan fingerprint density at radius 1 is 1.17 bits per heavy atom. The summed E-state index contributed by atoms with van der Waals surface area (Å²) in [7, 11) is 0. The molecule has 2 aromatic carbocycles. The zero-order valence-corrected chi connectivity index (χ0v) is 15.1. The van der Waals surface area contributed by atoms with Crippen LogP contribution >= 0.6 is 11.8 Å². The van der Waals surface area contributed by atoms with E-state index in [0.29, 0.717) is 12.1 Å². The van der Waals surface area contributed by atoms with Gasteiger partial charge in [-0.3, -0.25) is 4.79 Å². The second-order valence-corrected chi connectivity index (χ2v) is 8.29. The maximum Gasteiger partial charge on any atom is 0.255 e. The van der Waals surface area contributed by atoms with Crippen molar-refractivity contribution >= 4 is 17.7 Å². The maximum absolute atomic E-state index is 13.4. The van der Waals surface area contributed by atoms with Gasteiger partial charge in [-0.2, -0.15) is 0 Å². The quantitative estimate of drug-likeness (QED) is 0.764. The van der Waals surface area contributed by atoms with Crippen LogP contribution in [0.5, 0.6) is 0 Å². The van der Waals surface area contributed by atoms with Crippen LogP contribution in [0.3, 0.4) is 0 Å². The summed E-state index contributed by atoms with van der Waals surface area (Å²) in [6.45, 7) is 7.25. The summed E-state index contributed by atoms with van der Waals surface area (Å²) in [6, 6.07) is 14.4. The standard InChI is InChI=1S/C20H22FNOS/c1-20(2,3)16-9-7-14(8-10-16)19-22(11-12-24-19)18(23)15-5-4-6-17(21)13-15/h4-10,13,19H,11-12H2,1-3H3. The van der Waals surface area contributed by atoms with Crippen molar-refractivity contribution in [2.75, 3.05) is 12.3 Å². The summed E-state index contributed by atoms with van der Waals surface area (Å²) in [5, 5.41) is -0.00483. The van der Waals surface area contributed by atoms with E-state index in [4.69, 9.17) is 0 Å². The highest BCUT2D eigenvalue weighted by Gasteiger charge is 2.31. The lowest BCUT2D eigenvalue weighted by molar-refractivity contribution is 0.0760. The Bertz CT molecular complexity index is 736. The number of nitrogens with zero attached hydrogens (tertiary/aromatic N) is 1. The van der Waals surface area contributed by atoms with Gasteiger partial charge < -0.3 is 4.90 Å². The summed E-state index contributed by atoms with van der Waals surface area (Å²) < 4.78 is 13.4. The fourth-order valence-corrected chi connectivity index (χ4v) is 4.15. The zero-order chi connectivity index (χ0) is 17.3. The largest absolute Gasteiger partial charge is 0.322 e. The van der Waals surface area contributed by atoms with Crippen molar-refractivity contribution in [3.8, 4) is 0 Å².